The van der Waals surface area contributed by atoms with Gasteiger partial charge in [-0.3, -0.25) is 9.59 Å². The van der Waals surface area contributed by atoms with Gasteiger partial charge in [-0.25, -0.2) is 14.6 Å². The number of aromatic nitrogens is 4. The van der Waals surface area contributed by atoms with Gasteiger partial charge in [-0.15, -0.1) is 0 Å². The van der Waals surface area contributed by atoms with E-state index in [9.17, 15) is 9.59 Å². The zero-order chi connectivity index (χ0) is 26.9. The second-order valence-corrected chi connectivity index (χ2v) is 10.0. The fourth-order valence-electron chi connectivity index (χ4n) is 5.02. The predicted molar refractivity (Wildman–Crippen MR) is 147 cm³/mol. The molecule has 2 fully saturated rings. The molecule has 2 amide bonds. The first kappa shape index (κ1) is 24.6. The van der Waals surface area contributed by atoms with Crippen LogP contribution >= 0.6 is 0 Å². The van der Waals surface area contributed by atoms with Gasteiger partial charge < -0.3 is 21.1 Å². The molecule has 198 valence electrons. The van der Waals surface area contributed by atoms with Crippen molar-refractivity contribution in [1.29, 1.82) is 0 Å². The molecule has 6 rings (SSSR count). The molecule has 2 aromatic carbocycles. The van der Waals surface area contributed by atoms with Crippen LogP contribution in [0, 0.1) is 5.92 Å². The average Bonchev–Trinajstić information content (AvgIpc) is 3.70. The smallest absolute Gasteiger partial charge is 0.259 e. The number of primary amides is 1. The van der Waals surface area contributed by atoms with Crippen LogP contribution in [0.3, 0.4) is 0 Å². The Hall–Kier alpha value is -4.73. The Balaban J connectivity index is 1.30. The summed E-state index contributed by atoms with van der Waals surface area (Å²) in [6.45, 7) is 0.939. The molecule has 4 N–H and O–H groups in total. The van der Waals surface area contributed by atoms with Crippen LogP contribution in [0.2, 0.25) is 0 Å². The minimum absolute atomic E-state index is 0.0774. The number of anilines is 1. The van der Waals surface area contributed by atoms with Crippen molar-refractivity contribution < 1.29 is 14.3 Å². The quantitative estimate of drug-likeness (QED) is 0.213. The van der Waals surface area contributed by atoms with Gasteiger partial charge in [0.05, 0.1) is 11.4 Å². The largest absolute Gasteiger partial charge is 0.457 e. The number of nitrogens with zero attached hydrogens (tertiary/aromatic N) is 5. The molecule has 10 nitrogen and oxygen atoms in total. The molecular weight excluding hydrogens is 494 g/mol. The van der Waals surface area contributed by atoms with E-state index < -0.39 is 5.91 Å². The Morgan fingerprint density at radius 3 is 2.44 bits per heavy atom. The van der Waals surface area contributed by atoms with Crippen molar-refractivity contribution in [3.63, 3.8) is 0 Å². The molecule has 2 aromatic heterocycles. The SMILES string of the molecule is NC(=O)/C(=C\C1CC1)C(=O)N1CCC[C@@H](n2nc(-c3ccc(Oc4ccccc4)cc3)c3c(N)ncnc32)C1. The third-order valence-corrected chi connectivity index (χ3v) is 7.17. The number of fused-ring (bicyclic) bond motifs is 1. The number of hydrogen-bond donors (Lipinski definition) is 2. The van der Waals surface area contributed by atoms with Crippen LogP contribution in [0.15, 0.2) is 72.6 Å². The first-order valence-electron chi connectivity index (χ1n) is 13.1. The van der Waals surface area contributed by atoms with E-state index in [0.29, 0.717) is 41.4 Å². The number of benzene rings is 2. The number of piperidine rings is 1. The summed E-state index contributed by atoms with van der Waals surface area (Å²) in [5, 5.41) is 5.60. The van der Waals surface area contributed by atoms with Gasteiger partial charge in [-0.05, 0) is 68.0 Å². The lowest BCUT2D eigenvalue weighted by molar-refractivity contribution is -0.131. The topological polar surface area (TPSA) is 142 Å². The minimum atomic E-state index is -0.680. The Labute approximate surface area is 225 Å². The zero-order valence-corrected chi connectivity index (χ0v) is 21.4. The summed E-state index contributed by atoms with van der Waals surface area (Å²) in [5.41, 5.74) is 14.1. The lowest BCUT2D eigenvalue weighted by Gasteiger charge is -2.33. The summed E-state index contributed by atoms with van der Waals surface area (Å²) in [7, 11) is 0. The summed E-state index contributed by atoms with van der Waals surface area (Å²) in [5.74, 6) is 1.04. The number of nitrogens with two attached hydrogens (primary N) is 2. The van der Waals surface area contributed by atoms with Gasteiger partial charge in [-0.2, -0.15) is 5.10 Å². The molecule has 2 aliphatic rings. The van der Waals surface area contributed by atoms with E-state index in [2.05, 4.69) is 9.97 Å². The number of amides is 2. The van der Waals surface area contributed by atoms with E-state index in [1.165, 1.54) is 6.33 Å². The van der Waals surface area contributed by atoms with E-state index in [-0.39, 0.29) is 23.4 Å². The van der Waals surface area contributed by atoms with E-state index in [4.69, 9.17) is 21.3 Å². The maximum atomic E-state index is 13.3. The zero-order valence-electron chi connectivity index (χ0n) is 21.4. The van der Waals surface area contributed by atoms with Gasteiger partial charge in [0.2, 0.25) is 0 Å². The first-order chi connectivity index (χ1) is 19.0. The normalized spacial score (nSPS) is 17.8. The molecule has 39 heavy (non-hydrogen) atoms. The first-order valence-corrected chi connectivity index (χ1v) is 13.1. The van der Waals surface area contributed by atoms with Crippen molar-refractivity contribution in [2.75, 3.05) is 18.8 Å². The molecule has 3 heterocycles. The average molecular weight is 524 g/mol. The Kier molecular flexibility index (Phi) is 6.44. The number of ether oxygens (including phenoxy) is 1. The number of carbonyl (C=O) groups excluding carboxylic acids is 2. The lowest BCUT2D eigenvalue weighted by atomic mass is 10.0. The molecule has 0 radical (unpaired) electrons. The van der Waals surface area contributed by atoms with Gasteiger partial charge >= 0.3 is 0 Å². The third kappa shape index (κ3) is 5.05. The number of nitrogen functional groups attached to an aromatic ring is 1. The van der Waals surface area contributed by atoms with Crippen LogP contribution in [0.25, 0.3) is 22.3 Å². The van der Waals surface area contributed by atoms with E-state index >= 15 is 0 Å². The van der Waals surface area contributed by atoms with Gasteiger partial charge in [-0.1, -0.05) is 24.3 Å². The molecule has 1 saturated carbocycles. The predicted octanol–water partition coefficient (Wildman–Crippen LogP) is 3.85. The van der Waals surface area contributed by atoms with Gasteiger partial charge in [0, 0.05) is 18.7 Å². The third-order valence-electron chi connectivity index (χ3n) is 7.17. The molecule has 4 aromatic rings. The minimum Gasteiger partial charge on any atom is -0.457 e. The highest BCUT2D eigenvalue weighted by molar-refractivity contribution is 6.17. The molecular formula is C29H29N7O3. The second kappa shape index (κ2) is 10.2. The number of likely N-dealkylation sites (tertiary alicyclic amines) is 1. The van der Waals surface area contributed by atoms with Crippen LogP contribution in [0.5, 0.6) is 11.5 Å². The van der Waals surface area contributed by atoms with E-state index in [1.807, 2.05) is 59.3 Å². The van der Waals surface area contributed by atoms with Crippen molar-refractivity contribution in [3.8, 4) is 22.8 Å². The molecule has 0 unspecified atom stereocenters. The maximum absolute atomic E-state index is 13.3. The molecule has 0 spiro atoms. The molecule has 1 atom stereocenters. The highest BCUT2D eigenvalue weighted by Crippen LogP contribution is 2.35. The van der Waals surface area contributed by atoms with Gasteiger partial charge in [0.1, 0.15) is 34.9 Å². The molecule has 1 saturated heterocycles. The fourth-order valence-corrected chi connectivity index (χ4v) is 5.02. The van der Waals surface area contributed by atoms with Crippen LogP contribution in [0.1, 0.15) is 31.7 Å². The van der Waals surface area contributed by atoms with Crippen LogP contribution in [-0.2, 0) is 9.59 Å². The number of carbonyl (C=O) groups is 2. The van der Waals surface area contributed by atoms with Crippen molar-refractivity contribution >= 4 is 28.7 Å². The molecule has 0 bridgehead atoms. The number of para-hydroxylation sites is 1. The molecule has 1 aliphatic carbocycles. The number of rotatable bonds is 7. The number of hydrogen-bond acceptors (Lipinski definition) is 7. The van der Waals surface area contributed by atoms with Gasteiger partial charge in [0.25, 0.3) is 11.8 Å². The molecule has 10 heteroatoms. The Morgan fingerprint density at radius 1 is 0.974 bits per heavy atom. The summed E-state index contributed by atoms with van der Waals surface area (Å²) in [6, 6.07) is 17.0. The highest BCUT2D eigenvalue weighted by atomic mass is 16.5. The second-order valence-electron chi connectivity index (χ2n) is 10.0. The molecule has 1 aliphatic heterocycles. The standard InChI is InChI=1S/C29H29N7O3/c30-26-24-25(19-10-12-22(13-11-19)39-21-6-2-1-3-7-21)34-36(28(24)33-17-32-26)20-5-4-14-35(16-20)29(38)23(27(31)37)15-18-8-9-18/h1-3,6-7,10-13,15,17-18,20H,4-5,8-9,14,16H2,(H2,31,37)(H2,30,32,33)/b23-15+/t20-/m1/s1. The highest BCUT2D eigenvalue weighted by Gasteiger charge is 2.32. The van der Waals surface area contributed by atoms with Crippen molar-refractivity contribution in [2.24, 2.45) is 11.7 Å². The van der Waals surface area contributed by atoms with Crippen molar-refractivity contribution in [1.82, 2.24) is 24.6 Å². The summed E-state index contributed by atoms with van der Waals surface area (Å²) in [4.78, 5) is 35.7. The lowest BCUT2D eigenvalue weighted by Crippen LogP contribution is -2.43. The van der Waals surface area contributed by atoms with E-state index in [0.717, 1.165) is 37.0 Å². The van der Waals surface area contributed by atoms with Crippen LogP contribution in [-0.4, -0.2) is 49.6 Å². The number of allylic oxidation sites excluding steroid dienone is 1. The maximum Gasteiger partial charge on any atom is 0.259 e. The summed E-state index contributed by atoms with van der Waals surface area (Å²) < 4.78 is 7.77. The fraction of sp³-hybridized carbons (Fsp3) is 0.276. The van der Waals surface area contributed by atoms with Crippen LogP contribution < -0.4 is 16.2 Å². The van der Waals surface area contributed by atoms with Gasteiger partial charge in [0.15, 0.2) is 5.65 Å². The summed E-state index contributed by atoms with van der Waals surface area (Å²) in [6.07, 6.45) is 6.67. The Morgan fingerprint density at radius 2 is 1.72 bits per heavy atom. The monoisotopic (exact) mass is 523 g/mol. The summed E-state index contributed by atoms with van der Waals surface area (Å²) >= 11 is 0. The van der Waals surface area contributed by atoms with Crippen molar-refractivity contribution in [2.45, 2.75) is 31.7 Å². The Bertz CT molecular complexity index is 1560. The van der Waals surface area contributed by atoms with E-state index in [1.54, 1.807) is 11.0 Å². The van der Waals surface area contributed by atoms with Crippen molar-refractivity contribution in [3.05, 3.63) is 72.6 Å². The van der Waals surface area contributed by atoms with Crippen LogP contribution in [0.4, 0.5) is 5.82 Å².